The van der Waals surface area contributed by atoms with Gasteiger partial charge in [-0.3, -0.25) is 19.2 Å². The Morgan fingerprint density at radius 1 is 0.938 bits per heavy atom. The SMILES string of the molecule is CC(=O)N[C@H]1C(O[B]Oc2ccccc2)O[C@H](COC(C)=O)[C@@H](OC(C)=O)[C@@H]1OC(C)=O. The van der Waals surface area contributed by atoms with Crippen LogP contribution in [0.15, 0.2) is 30.3 Å². The Labute approximate surface area is 185 Å². The van der Waals surface area contributed by atoms with E-state index in [-0.39, 0.29) is 6.61 Å². The molecule has 1 amide bonds. The highest BCUT2D eigenvalue weighted by Crippen LogP contribution is 2.28. The summed E-state index contributed by atoms with van der Waals surface area (Å²) in [6.45, 7) is 4.44. The minimum absolute atomic E-state index is 0.322. The lowest BCUT2D eigenvalue weighted by molar-refractivity contribution is -0.258. The highest BCUT2D eigenvalue weighted by Gasteiger charge is 2.51. The fourth-order valence-corrected chi connectivity index (χ4v) is 3.04. The van der Waals surface area contributed by atoms with E-state index in [0.29, 0.717) is 5.75 Å². The molecule has 1 N–H and O–H groups in total. The minimum atomic E-state index is -1.24. The number of benzene rings is 1. The zero-order valence-corrected chi connectivity index (χ0v) is 18.1. The Hall–Kier alpha value is -3.12. The van der Waals surface area contributed by atoms with Crippen molar-refractivity contribution in [3.63, 3.8) is 0 Å². The van der Waals surface area contributed by atoms with Crippen molar-refractivity contribution in [3.05, 3.63) is 30.3 Å². The lowest BCUT2D eigenvalue weighted by Gasteiger charge is -2.44. The summed E-state index contributed by atoms with van der Waals surface area (Å²) < 4.78 is 32.4. The van der Waals surface area contributed by atoms with E-state index in [4.69, 9.17) is 28.3 Å². The van der Waals surface area contributed by atoms with Gasteiger partial charge in [-0.2, -0.15) is 0 Å². The smallest absolute Gasteiger partial charge is 0.537 e. The molecular formula is C20H25BNO10. The average molecular weight is 450 g/mol. The summed E-state index contributed by atoms with van der Waals surface area (Å²) in [5.74, 6) is -1.99. The van der Waals surface area contributed by atoms with Crippen LogP contribution in [0.1, 0.15) is 27.7 Å². The quantitative estimate of drug-likeness (QED) is 0.317. The van der Waals surface area contributed by atoms with E-state index >= 15 is 0 Å². The zero-order valence-electron chi connectivity index (χ0n) is 18.1. The van der Waals surface area contributed by atoms with Crippen molar-refractivity contribution in [2.75, 3.05) is 6.61 Å². The van der Waals surface area contributed by atoms with Crippen LogP contribution in [0.4, 0.5) is 0 Å². The van der Waals surface area contributed by atoms with E-state index in [1.165, 1.54) is 13.8 Å². The third-order valence-electron chi connectivity index (χ3n) is 4.19. The number of carbonyl (C=O) groups excluding carboxylic acids is 4. The van der Waals surface area contributed by atoms with Gasteiger partial charge < -0.3 is 33.6 Å². The van der Waals surface area contributed by atoms with Gasteiger partial charge in [0, 0.05) is 27.7 Å². The van der Waals surface area contributed by atoms with Crippen molar-refractivity contribution in [1.29, 1.82) is 0 Å². The molecule has 1 radical (unpaired) electrons. The highest BCUT2D eigenvalue weighted by atomic mass is 16.7. The van der Waals surface area contributed by atoms with Crippen molar-refractivity contribution in [2.24, 2.45) is 0 Å². The van der Waals surface area contributed by atoms with E-state index < -0.39 is 54.5 Å². The molecule has 1 aromatic carbocycles. The number of para-hydroxylation sites is 1. The first-order valence-corrected chi connectivity index (χ1v) is 9.76. The van der Waals surface area contributed by atoms with Crippen LogP contribution >= 0.6 is 0 Å². The molecule has 1 aliphatic heterocycles. The van der Waals surface area contributed by atoms with E-state index in [1.807, 2.05) is 6.07 Å². The molecule has 1 aliphatic rings. The maximum absolute atomic E-state index is 11.8. The standard InChI is InChI=1S/C20H25BNO10/c1-11(23)22-17-19(29-14(4)26)18(28-13(3)25)16(10-27-12(2)24)30-20(17)32-21-31-15-8-6-5-7-9-15/h5-9,16-20H,10H2,1-4H3,(H,22,23)/t16-,17-,18-,19-,20?/m1/s1. The molecule has 5 atom stereocenters. The van der Waals surface area contributed by atoms with E-state index in [1.54, 1.807) is 24.3 Å². The van der Waals surface area contributed by atoms with Crippen LogP contribution in [0.5, 0.6) is 5.75 Å². The number of esters is 3. The fraction of sp³-hybridized carbons (Fsp3) is 0.500. The summed E-state index contributed by atoms with van der Waals surface area (Å²) in [7, 11) is 0.995. The van der Waals surface area contributed by atoms with Gasteiger partial charge in [-0.1, -0.05) is 18.2 Å². The fourth-order valence-electron chi connectivity index (χ4n) is 3.04. The normalized spacial score (nSPS) is 24.6. The molecule has 2 rings (SSSR count). The van der Waals surface area contributed by atoms with Gasteiger partial charge in [0.05, 0.1) is 5.75 Å². The Morgan fingerprint density at radius 3 is 2.12 bits per heavy atom. The molecule has 11 nitrogen and oxygen atoms in total. The molecule has 0 saturated carbocycles. The number of carbonyl (C=O) groups is 4. The predicted octanol–water partition coefficient (Wildman–Crippen LogP) is 0.272. The molecule has 173 valence electrons. The molecule has 1 fully saturated rings. The molecule has 1 unspecified atom stereocenters. The number of hydrogen-bond donors (Lipinski definition) is 1. The second-order valence-corrected chi connectivity index (χ2v) is 6.88. The highest BCUT2D eigenvalue weighted by molar-refractivity contribution is 6.19. The first-order valence-electron chi connectivity index (χ1n) is 9.76. The Bertz CT molecular complexity index is 805. The number of ether oxygens (including phenoxy) is 4. The summed E-state index contributed by atoms with van der Waals surface area (Å²) in [5, 5.41) is 2.58. The van der Waals surface area contributed by atoms with Gasteiger partial charge in [0.2, 0.25) is 5.91 Å². The van der Waals surface area contributed by atoms with Crippen molar-refractivity contribution < 1.29 is 47.4 Å². The second-order valence-electron chi connectivity index (χ2n) is 6.88. The first-order chi connectivity index (χ1) is 15.2. The van der Waals surface area contributed by atoms with Crippen LogP contribution < -0.4 is 9.97 Å². The van der Waals surface area contributed by atoms with Gasteiger partial charge >= 0.3 is 25.6 Å². The number of rotatable bonds is 9. The topological polar surface area (TPSA) is 136 Å². The molecule has 1 aromatic rings. The van der Waals surface area contributed by atoms with E-state index in [2.05, 4.69) is 5.32 Å². The first kappa shape index (κ1) is 25.1. The third kappa shape index (κ3) is 7.86. The van der Waals surface area contributed by atoms with Gasteiger partial charge in [0.25, 0.3) is 0 Å². The molecule has 0 spiro atoms. The average Bonchev–Trinajstić information content (AvgIpc) is 2.70. The molecule has 0 aliphatic carbocycles. The predicted molar refractivity (Wildman–Crippen MR) is 108 cm³/mol. The second kappa shape index (κ2) is 12.1. The molecule has 0 aromatic heterocycles. The van der Waals surface area contributed by atoms with Crippen LogP contribution in [0, 0.1) is 0 Å². The van der Waals surface area contributed by atoms with Gasteiger partial charge in [0.15, 0.2) is 18.5 Å². The Balaban J connectivity index is 2.28. The molecule has 32 heavy (non-hydrogen) atoms. The monoisotopic (exact) mass is 450 g/mol. The van der Waals surface area contributed by atoms with Gasteiger partial charge in [-0.25, -0.2) is 0 Å². The van der Waals surface area contributed by atoms with Crippen LogP contribution in [-0.4, -0.2) is 68.8 Å². The molecule has 1 heterocycles. The Morgan fingerprint density at radius 2 is 1.56 bits per heavy atom. The van der Waals surface area contributed by atoms with Crippen LogP contribution in [-0.2, 0) is 42.8 Å². The van der Waals surface area contributed by atoms with Gasteiger partial charge in [0.1, 0.15) is 18.8 Å². The molecule has 0 bridgehead atoms. The van der Waals surface area contributed by atoms with Crippen LogP contribution in [0.25, 0.3) is 0 Å². The number of amides is 1. The van der Waals surface area contributed by atoms with E-state index in [0.717, 1.165) is 21.5 Å². The van der Waals surface area contributed by atoms with Crippen molar-refractivity contribution in [3.8, 4) is 5.75 Å². The molecule has 12 heteroatoms. The summed E-state index contributed by atoms with van der Waals surface area (Å²) >= 11 is 0. The summed E-state index contributed by atoms with van der Waals surface area (Å²) in [6, 6.07) is 7.63. The van der Waals surface area contributed by atoms with Crippen molar-refractivity contribution in [2.45, 2.75) is 58.3 Å². The maximum atomic E-state index is 11.8. The van der Waals surface area contributed by atoms with Gasteiger partial charge in [-0.15, -0.1) is 0 Å². The lowest BCUT2D eigenvalue weighted by atomic mass is 9.95. The van der Waals surface area contributed by atoms with Crippen LogP contribution in [0.3, 0.4) is 0 Å². The van der Waals surface area contributed by atoms with Crippen molar-refractivity contribution >= 4 is 31.5 Å². The van der Waals surface area contributed by atoms with Gasteiger partial charge in [-0.05, 0) is 12.1 Å². The Kier molecular flexibility index (Phi) is 9.48. The van der Waals surface area contributed by atoms with E-state index in [9.17, 15) is 19.2 Å². The molecular weight excluding hydrogens is 425 g/mol. The number of nitrogens with one attached hydrogen (secondary N) is 1. The third-order valence-corrected chi connectivity index (χ3v) is 4.19. The molecule has 1 saturated heterocycles. The maximum Gasteiger partial charge on any atom is 0.574 e. The largest absolute Gasteiger partial charge is 0.574 e. The summed E-state index contributed by atoms with van der Waals surface area (Å²) in [5.41, 5.74) is 0. The summed E-state index contributed by atoms with van der Waals surface area (Å²) in [4.78, 5) is 46.6. The summed E-state index contributed by atoms with van der Waals surface area (Å²) in [6.07, 6.45) is -4.70. The minimum Gasteiger partial charge on any atom is -0.537 e. The zero-order chi connectivity index (χ0) is 23.7. The van der Waals surface area contributed by atoms with Crippen LogP contribution in [0.2, 0.25) is 0 Å². The number of hydrogen-bond acceptors (Lipinski definition) is 10. The lowest BCUT2D eigenvalue weighted by Crippen LogP contribution is -2.66. The van der Waals surface area contributed by atoms with Crippen molar-refractivity contribution in [1.82, 2.24) is 5.32 Å².